The molecule has 20 heavy (non-hydrogen) atoms. The fourth-order valence-electron chi connectivity index (χ4n) is 1.39. The number of carboxylic acids is 1. The quantitative estimate of drug-likeness (QED) is 0.741. The van der Waals surface area contributed by atoms with E-state index in [1.54, 1.807) is 6.92 Å². The van der Waals surface area contributed by atoms with Gasteiger partial charge in [-0.15, -0.1) is 6.42 Å². The summed E-state index contributed by atoms with van der Waals surface area (Å²) in [6.07, 6.45) is 5.61. The fourth-order valence-corrected chi connectivity index (χ4v) is 1.39. The number of amides is 2. The summed E-state index contributed by atoms with van der Waals surface area (Å²) in [6.45, 7) is 1.74. The number of hydrogen-bond acceptors (Lipinski definition) is 2. The van der Waals surface area contributed by atoms with Crippen molar-refractivity contribution in [3.05, 3.63) is 29.3 Å². The van der Waals surface area contributed by atoms with Gasteiger partial charge in [0.2, 0.25) is 0 Å². The summed E-state index contributed by atoms with van der Waals surface area (Å²) in [4.78, 5) is 22.3. The number of halogens is 2. The first-order valence-electron chi connectivity index (χ1n) is 5.65. The lowest BCUT2D eigenvalue weighted by molar-refractivity contribution is 0.0692. The zero-order chi connectivity index (χ0) is 15.3. The summed E-state index contributed by atoms with van der Waals surface area (Å²) in [7, 11) is 0. The van der Waals surface area contributed by atoms with Crippen LogP contribution in [0.4, 0.5) is 19.3 Å². The van der Waals surface area contributed by atoms with Gasteiger partial charge in [-0.2, -0.15) is 0 Å². The lowest BCUT2D eigenvalue weighted by Crippen LogP contribution is -2.36. The normalized spacial score (nSPS) is 11.3. The zero-order valence-corrected chi connectivity index (χ0v) is 10.5. The number of anilines is 1. The first-order chi connectivity index (χ1) is 9.38. The molecule has 1 atom stereocenters. The largest absolute Gasteiger partial charge is 0.478 e. The van der Waals surface area contributed by atoms with Gasteiger partial charge in [0.25, 0.3) is 0 Å². The van der Waals surface area contributed by atoms with Crippen molar-refractivity contribution in [3.63, 3.8) is 0 Å². The topological polar surface area (TPSA) is 78.4 Å². The molecular weight excluding hydrogens is 270 g/mol. The first-order valence-corrected chi connectivity index (χ1v) is 5.65. The maximum absolute atomic E-state index is 13.4. The average molecular weight is 282 g/mol. The van der Waals surface area contributed by atoms with E-state index in [4.69, 9.17) is 11.5 Å². The number of carbonyl (C=O) groups excluding carboxylic acids is 1. The molecule has 1 rings (SSSR count). The Hall–Kier alpha value is -2.62. The van der Waals surface area contributed by atoms with Crippen LogP contribution in [-0.4, -0.2) is 23.1 Å². The Labute approximate surface area is 114 Å². The molecule has 0 aliphatic rings. The van der Waals surface area contributed by atoms with Crippen molar-refractivity contribution in [1.29, 1.82) is 0 Å². The Morgan fingerprint density at radius 2 is 2.05 bits per heavy atom. The van der Waals surface area contributed by atoms with Gasteiger partial charge in [0.05, 0.1) is 17.3 Å². The van der Waals surface area contributed by atoms with Gasteiger partial charge < -0.3 is 15.7 Å². The van der Waals surface area contributed by atoms with E-state index in [1.807, 2.05) is 0 Å². The molecule has 1 unspecified atom stereocenters. The smallest absolute Gasteiger partial charge is 0.338 e. The first kappa shape index (κ1) is 15.4. The maximum atomic E-state index is 13.4. The predicted octanol–water partition coefficient (Wildman–Crippen LogP) is 2.20. The van der Waals surface area contributed by atoms with Crippen molar-refractivity contribution >= 4 is 17.7 Å². The highest BCUT2D eigenvalue weighted by Crippen LogP contribution is 2.19. The second-order valence-corrected chi connectivity index (χ2v) is 3.84. The van der Waals surface area contributed by atoms with E-state index < -0.39 is 40.9 Å². The molecule has 1 aromatic rings. The van der Waals surface area contributed by atoms with E-state index in [9.17, 15) is 18.4 Å². The third-order valence-electron chi connectivity index (χ3n) is 2.45. The van der Waals surface area contributed by atoms with Gasteiger partial charge in [0.1, 0.15) is 11.6 Å². The van der Waals surface area contributed by atoms with E-state index >= 15 is 0 Å². The molecule has 2 amide bonds. The molecule has 0 bridgehead atoms. The molecule has 5 nitrogen and oxygen atoms in total. The van der Waals surface area contributed by atoms with Crippen molar-refractivity contribution in [3.8, 4) is 12.3 Å². The molecule has 3 N–H and O–H groups in total. The van der Waals surface area contributed by atoms with Crippen LogP contribution in [0.15, 0.2) is 12.1 Å². The van der Waals surface area contributed by atoms with Gasteiger partial charge in [0, 0.05) is 6.07 Å². The summed E-state index contributed by atoms with van der Waals surface area (Å²) >= 11 is 0. The second-order valence-electron chi connectivity index (χ2n) is 3.84. The van der Waals surface area contributed by atoms with Crippen LogP contribution >= 0.6 is 0 Å². The monoisotopic (exact) mass is 282 g/mol. The lowest BCUT2D eigenvalue weighted by Gasteiger charge is -2.13. The molecule has 106 valence electrons. The Morgan fingerprint density at radius 1 is 1.40 bits per heavy atom. The van der Waals surface area contributed by atoms with Gasteiger partial charge in [-0.1, -0.05) is 12.8 Å². The SMILES string of the molecule is C#CC(CC)NC(=O)Nc1cc(C(=O)O)c(F)cc1F. The summed E-state index contributed by atoms with van der Waals surface area (Å²) in [6, 6.07) is -0.268. The summed E-state index contributed by atoms with van der Waals surface area (Å²) in [5, 5.41) is 13.2. The van der Waals surface area contributed by atoms with Crippen molar-refractivity contribution in [2.75, 3.05) is 5.32 Å². The van der Waals surface area contributed by atoms with Crippen molar-refractivity contribution in [2.45, 2.75) is 19.4 Å². The number of rotatable bonds is 4. The number of urea groups is 1. The van der Waals surface area contributed by atoms with Crippen LogP contribution in [0.25, 0.3) is 0 Å². The zero-order valence-electron chi connectivity index (χ0n) is 10.5. The van der Waals surface area contributed by atoms with Crippen LogP contribution in [0.5, 0.6) is 0 Å². The minimum absolute atomic E-state index is 0.386. The molecule has 0 aliphatic heterocycles. The standard InChI is InChI=1S/C13H12F2N2O3/c1-3-7(4-2)16-13(20)17-11-5-8(12(18)19)9(14)6-10(11)15/h1,5-7H,4H2,2H3,(H,18,19)(H2,16,17,20). The molecule has 0 spiro atoms. The van der Waals surface area contributed by atoms with Crippen LogP contribution < -0.4 is 10.6 Å². The van der Waals surface area contributed by atoms with E-state index in [-0.39, 0.29) is 0 Å². The Bertz CT molecular complexity index is 582. The Morgan fingerprint density at radius 3 is 2.55 bits per heavy atom. The minimum Gasteiger partial charge on any atom is -0.478 e. The van der Waals surface area contributed by atoms with Gasteiger partial charge >= 0.3 is 12.0 Å². The average Bonchev–Trinajstić information content (AvgIpc) is 2.38. The maximum Gasteiger partial charge on any atom is 0.338 e. The van der Waals surface area contributed by atoms with E-state index in [1.165, 1.54) is 0 Å². The molecule has 0 aliphatic carbocycles. The van der Waals surface area contributed by atoms with Crippen LogP contribution in [0.3, 0.4) is 0 Å². The summed E-state index contributed by atoms with van der Waals surface area (Å²) in [5.74, 6) is -1.58. The number of carboxylic acid groups (broad SMARTS) is 1. The number of hydrogen-bond donors (Lipinski definition) is 3. The van der Waals surface area contributed by atoms with Crippen LogP contribution in [0, 0.1) is 24.0 Å². The third-order valence-corrected chi connectivity index (χ3v) is 2.45. The Kier molecular flexibility index (Phi) is 5.03. The third kappa shape index (κ3) is 3.68. The predicted molar refractivity (Wildman–Crippen MR) is 68.4 cm³/mol. The van der Waals surface area contributed by atoms with Gasteiger partial charge in [-0.3, -0.25) is 0 Å². The molecule has 0 aromatic heterocycles. The lowest BCUT2D eigenvalue weighted by atomic mass is 10.2. The Balaban J connectivity index is 2.93. The van der Waals surface area contributed by atoms with E-state index in [0.717, 1.165) is 0 Å². The van der Waals surface area contributed by atoms with Crippen molar-refractivity contribution < 1.29 is 23.5 Å². The molecule has 0 saturated carbocycles. The van der Waals surface area contributed by atoms with Crippen LogP contribution in [0.2, 0.25) is 0 Å². The molecule has 0 heterocycles. The van der Waals surface area contributed by atoms with E-state index in [2.05, 4.69) is 16.6 Å². The highest BCUT2D eigenvalue weighted by atomic mass is 19.1. The number of aromatic carboxylic acids is 1. The molecule has 1 aromatic carbocycles. The number of carbonyl (C=O) groups is 2. The molecule has 0 fully saturated rings. The molecule has 0 radical (unpaired) electrons. The minimum atomic E-state index is -1.57. The molecule has 7 heteroatoms. The summed E-state index contributed by atoms with van der Waals surface area (Å²) < 4.78 is 26.6. The second kappa shape index (κ2) is 6.52. The van der Waals surface area contributed by atoms with Gasteiger partial charge in [0.15, 0.2) is 0 Å². The van der Waals surface area contributed by atoms with Crippen molar-refractivity contribution in [2.24, 2.45) is 0 Å². The summed E-state index contributed by atoms with van der Waals surface area (Å²) in [5.41, 5.74) is -1.20. The molecular formula is C13H12F2N2O3. The molecule has 0 saturated heterocycles. The van der Waals surface area contributed by atoms with Crippen molar-refractivity contribution in [1.82, 2.24) is 5.32 Å². The number of nitrogens with one attached hydrogen (secondary N) is 2. The highest BCUT2D eigenvalue weighted by Gasteiger charge is 2.17. The van der Waals surface area contributed by atoms with Crippen LogP contribution in [-0.2, 0) is 0 Å². The van der Waals surface area contributed by atoms with E-state index in [0.29, 0.717) is 18.6 Å². The number of terminal acetylenes is 1. The fraction of sp³-hybridized carbons (Fsp3) is 0.231. The van der Waals surface area contributed by atoms with Crippen LogP contribution in [0.1, 0.15) is 23.7 Å². The van der Waals surface area contributed by atoms with Gasteiger partial charge in [-0.25, -0.2) is 18.4 Å². The highest BCUT2D eigenvalue weighted by molar-refractivity contribution is 5.93. The van der Waals surface area contributed by atoms with Gasteiger partial charge in [-0.05, 0) is 12.5 Å². The number of benzene rings is 1.